The minimum atomic E-state index is -0.607. The Balaban J connectivity index is 1.37. The van der Waals surface area contributed by atoms with Crippen molar-refractivity contribution in [2.75, 3.05) is 11.9 Å². The fourth-order valence-electron chi connectivity index (χ4n) is 3.13. The van der Waals surface area contributed by atoms with Gasteiger partial charge in [0.2, 0.25) is 11.3 Å². The first kappa shape index (κ1) is 19.1. The van der Waals surface area contributed by atoms with Gasteiger partial charge in [-0.3, -0.25) is 19.1 Å². The predicted molar refractivity (Wildman–Crippen MR) is 113 cm³/mol. The van der Waals surface area contributed by atoms with E-state index in [-0.39, 0.29) is 17.5 Å². The molecule has 4 rings (SSSR count). The number of nitrogens with zero attached hydrogens (tertiary/aromatic N) is 2. The number of hydrogen-bond acceptors (Lipinski definition) is 4. The lowest BCUT2D eigenvalue weighted by Crippen LogP contribution is -2.35. The lowest BCUT2D eigenvalue weighted by atomic mass is 10.1. The van der Waals surface area contributed by atoms with E-state index in [2.05, 4.69) is 20.7 Å². The van der Waals surface area contributed by atoms with Crippen LogP contribution < -0.4 is 16.1 Å². The molecule has 0 saturated carbocycles. The number of amides is 2. The number of pyridine rings is 1. The quantitative estimate of drug-likeness (QED) is 0.460. The molecular formula is C22H19N5O3. The number of H-pyrrole nitrogens is 1. The van der Waals surface area contributed by atoms with Gasteiger partial charge >= 0.3 is 0 Å². The second-order valence-corrected chi connectivity index (χ2v) is 6.71. The van der Waals surface area contributed by atoms with Crippen molar-refractivity contribution in [3.8, 4) is 0 Å². The molecule has 2 aromatic carbocycles. The average molecular weight is 401 g/mol. The first-order valence-electron chi connectivity index (χ1n) is 9.35. The number of aromatic nitrogens is 3. The highest BCUT2D eigenvalue weighted by Crippen LogP contribution is 2.12. The summed E-state index contributed by atoms with van der Waals surface area (Å²) < 4.78 is 1.78. The summed E-state index contributed by atoms with van der Waals surface area (Å²) in [5, 5.41) is 9.81. The molecular weight excluding hydrogens is 382 g/mol. The Hall–Kier alpha value is -4.20. The van der Waals surface area contributed by atoms with E-state index >= 15 is 0 Å². The van der Waals surface area contributed by atoms with Crippen molar-refractivity contribution in [2.45, 2.75) is 6.54 Å². The Bertz CT molecular complexity index is 1260. The maximum absolute atomic E-state index is 12.5. The molecule has 0 aliphatic rings. The van der Waals surface area contributed by atoms with Crippen LogP contribution in [0.5, 0.6) is 0 Å². The molecule has 4 aromatic rings. The Labute approximate surface area is 171 Å². The van der Waals surface area contributed by atoms with Gasteiger partial charge in [-0.25, -0.2) is 0 Å². The normalized spacial score (nSPS) is 10.7. The smallest absolute Gasteiger partial charge is 0.257 e. The van der Waals surface area contributed by atoms with Crippen LogP contribution in [0.4, 0.5) is 5.69 Å². The van der Waals surface area contributed by atoms with Gasteiger partial charge < -0.3 is 15.6 Å². The average Bonchev–Trinajstić information content (AvgIpc) is 3.26. The van der Waals surface area contributed by atoms with Crippen LogP contribution in [-0.4, -0.2) is 33.1 Å². The van der Waals surface area contributed by atoms with Crippen LogP contribution in [0.1, 0.15) is 15.9 Å². The lowest BCUT2D eigenvalue weighted by Gasteiger charge is -2.09. The molecule has 0 fully saturated rings. The molecule has 0 saturated heterocycles. The predicted octanol–water partition coefficient (Wildman–Crippen LogP) is 2.14. The van der Waals surface area contributed by atoms with Crippen LogP contribution in [0.3, 0.4) is 0 Å². The summed E-state index contributed by atoms with van der Waals surface area (Å²) >= 11 is 0. The molecule has 0 atom stereocenters. The van der Waals surface area contributed by atoms with Gasteiger partial charge in [-0.2, -0.15) is 5.10 Å². The number of nitrogens with one attached hydrogen (secondary N) is 3. The molecule has 0 radical (unpaired) electrons. The Morgan fingerprint density at radius 3 is 2.77 bits per heavy atom. The van der Waals surface area contributed by atoms with E-state index in [9.17, 15) is 14.4 Å². The zero-order valence-electron chi connectivity index (χ0n) is 16.0. The minimum Gasteiger partial charge on any atom is -0.360 e. The van der Waals surface area contributed by atoms with Crippen LogP contribution in [0.2, 0.25) is 0 Å². The number of carbonyl (C=O) groups excluding carboxylic acids is 2. The molecule has 2 aromatic heterocycles. The summed E-state index contributed by atoms with van der Waals surface area (Å²) in [6, 6.07) is 16.2. The lowest BCUT2D eigenvalue weighted by molar-refractivity contribution is -0.115. The standard InChI is InChI=1S/C22H19N5O3/c28-20(26-16-6-3-5-15(11-16)14-27-10-4-9-25-27)13-24-22(30)18-12-23-19-8-2-1-7-17(19)21(18)29/h1-12H,13-14H2,(H,23,29)(H,24,30)(H,26,28). The molecule has 2 amide bonds. The number of fused-ring (bicyclic) bond motifs is 1. The second kappa shape index (κ2) is 8.44. The van der Waals surface area contributed by atoms with E-state index in [0.29, 0.717) is 23.1 Å². The van der Waals surface area contributed by atoms with E-state index in [1.54, 1.807) is 41.2 Å². The molecule has 0 aliphatic heterocycles. The summed E-state index contributed by atoms with van der Waals surface area (Å²) in [5.41, 5.74) is 1.81. The Morgan fingerprint density at radius 1 is 1.07 bits per heavy atom. The van der Waals surface area contributed by atoms with E-state index < -0.39 is 11.8 Å². The first-order valence-corrected chi connectivity index (χ1v) is 9.35. The number of hydrogen-bond donors (Lipinski definition) is 3. The van der Waals surface area contributed by atoms with E-state index in [0.717, 1.165) is 5.56 Å². The zero-order valence-corrected chi connectivity index (χ0v) is 16.0. The first-order chi connectivity index (χ1) is 14.6. The van der Waals surface area contributed by atoms with Gasteiger partial charge in [0, 0.05) is 35.2 Å². The second-order valence-electron chi connectivity index (χ2n) is 6.71. The number of carbonyl (C=O) groups is 2. The number of rotatable bonds is 6. The maximum Gasteiger partial charge on any atom is 0.257 e. The van der Waals surface area contributed by atoms with Gasteiger partial charge in [-0.15, -0.1) is 0 Å². The molecule has 30 heavy (non-hydrogen) atoms. The Kier molecular flexibility index (Phi) is 5.38. The van der Waals surface area contributed by atoms with E-state index in [1.165, 1.54) is 6.20 Å². The van der Waals surface area contributed by atoms with Crippen LogP contribution in [0, 0.1) is 0 Å². The van der Waals surface area contributed by atoms with Gasteiger partial charge in [0.05, 0.1) is 13.1 Å². The molecule has 0 spiro atoms. The monoisotopic (exact) mass is 401 g/mol. The van der Waals surface area contributed by atoms with Gasteiger partial charge in [-0.05, 0) is 35.9 Å². The van der Waals surface area contributed by atoms with Crippen molar-refractivity contribution in [3.63, 3.8) is 0 Å². The SMILES string of the molecule is O=C(CNC(=O)c1c[nH]c2ccccc2c1=O)Nc1cccc(Cn2cccn2)c1. The number of para-hydroxylation sites is 1. The molecule has 0 unspecified atom stereocenters. The maximum atomic E-state index is 12.5. The molecule has 0 bridgehead atoms. The van der Waals surface area contributed by atoms with Crippen molar-refractivity contribution in [3.05, 3.63) is 94.5 Å². The zero-order chi connectivity index (χ0) is 20.9. The largest absolute Gasteiger partial charge is 0.360 e. The van der Waals surface area contributed by atoms with Crippen LogP contribution in [0.25, 0.3) is 10.9 Å². The van der Waals surface area contributed by atoms with Gasteiger partial charge in [-0.1, -0.05) is 24.3 Å². The molecule has 8 heteroatoms. The summed E-state index contributed by atoms with van der Waals surface area (Å²) in [5.74, 6) is -0.999. The van der Waals surface area contributed by atoms with E-state index in [1.807, 2.05) is 30.5 Å². The van der Waals surface area contributed by atoms with E-state index in [4.69, 9.17) is 0 Å². The summed E-state index contributed by atoms with van der Waals surface area (Å²) in [6.45, 7) is 0.326. The van der Waals surface area contributed by atoms with Crippen molar-refractivity contribution < 1.29 is 9.59 Å². The topological polar surface area (TPSA) is 109 Å². The van der Waals surface area contributed by atoms with Crippen LogP contribution in [-0.2, 0) is 11.3 Å². The highest BCUT2D eigenvalue weighted by molar-refractivity contribution is 6.00. The summed E-state index contributed by atoms with van der Waals surface area (Å²) in [7, 11) is 0. The van der Waals surface area contributed by atoms with Crippen molar-refractivity contribution in [1.29, 1.82) is 0 Å². The minimum absolute atomic E-state index is 0.0391. The third kappa shape index (κ3) is 4.27. The molecule has 150 valence electrons. The third-order valence-corrected chi connectivity index (χ3v) is 4.56. The third-order valence-electron chi connectivity index (χ3n) is 4.56. The van der Waals surface area contributed by atoms with Crippen molar-refractivity contribution >= 4 is 28.4 Å². The fourth-order valence-corrected chi connectivity index (χ4v) is 3.13. The van der Waals surface area contributed by atoms with Gasteiger partial charge in [0.1, 0.15) is 5.56 Å². The van der Waals surface area contributed by atoms with Gasteiger partial charge in [0.25, 0.3) is 5.91 Å². The molecule has 2 heterocycles. The molecule has 8 nitrogen and oxygen atoms in total. The van der Waals surface area contributed by atoms with Crippen LogP contribution >= 0.6 is 0 Å². The van der Waals surface area contributed by atoms with Crippen molar-refractivity contribution in [2.24, 2.45) is 0 Å². The Morgan fingerprint density at radius 2 is 1.93 bits per heavy atom. The van der Waals surface area contributed by atoms with Gasteiger partial charge in [0.15, 0.2) is 0 Å². The molecule has 0 aliphatic carbocycles. The summed E-state index contributed by atoms with van der Waals surface area (Å²) in [6.07, 6.45) is 4.92. The number of benzene rings is 2. The number of aromatic amines is 1. The highest BCUT2D eigenvalue weighted by atomic mass is 16.2. The highest BCUT2D eigenvalue weighted by Gasteiger charge is 2.14. The summed E-state index contributed by atoms with van der Waals surface area (Å²) in [4.78, 5) is 40.0. The van der Waals surface area contributed by atoms with Crippen LogP contribution in [0.15, 0.2) is 78.0 Å². The fraction of sp³-hybridized carbons (Fsp3) is 0.0909. The number of anilines is 1. The molecule has 3 N–H and O–H groups in total. The van der Waals surface area contributed by atoms with Crippen molar-refractivity contribution in [1.82, 2.24) is 20.1 Å².